The van der Waals surface area contributed by atoms with E-state index in [0.29, 0.717) is 4.90 Å². The topological polar surface area (TPSA) is 170 Å². The summed E-state index contributed by atoms with van der Waals surface area (Å²) in [4.78, 5) is 62.1. The third-order valence-corrected chi connectivity index (χ3v) is 4.17. The first-order valence-electron chi connectivity index (χ1n) is 8.60. The Kier molecular flexibility index (Phi) is 8.31. The maximum Gasteiger partial charge on any atom is 0.258 e. The third-order valence-electron chi connectivity index (χ3n) is 4.17. The molecule has 2 amide bonds. The van der Waals surface area contributed by atoms with Crippen LogP contribution in [0.25, 0.3) is 0 Å². The molecule has 0 bridgehead atoms. The zero-order valence-electron chi connectivity index (χ0n) is 15.9. The molecule has 10 heteroatoms. The molecule has 1 radical (unpaired) electrons. The zero-order valence-corrected chi connectivity index (χ0v) is 15.9. The molecule has 0 aliphatic heterocycles. The fraction of sp³-hybridized carbons (Fsp3) is 0.421. The molecule has 3 unspecified atom stereocenters. The lowest BCUT2D eigenvalue weighted by Gasteiger charge is -2.29. The van der Waals surface area contributed by atoms with E-state index in [2.05, 4.69) is 0 Å². The molecule has 0 saturated carbocycles. The van der Waals surface area contributed by atoms with E-state index in [0.717, 1.165) is 38.1 Å². The van der Waals surface area contributed by atoms with Crippen molar-refractivity contribution in [2.24, 2.45) is 0 Å². The van der Waals surface area contributed by atoms with Crippen molar-refractivity contribution in [2.45, 2.75) is 37.9 Å². The van der Waals surface area contributed by atoms with Crippen LogP contribution in [0.15, 0.2) is 24.3 Å². The Morgan fingerprint density at radius 2 is 1.62 bits per heavy atom. The molecular weight excluding hydrogens is 386 g/mol. The van der Waals surface area contributed by atoms with Crippen molar-refractivity contribution in [3.05, 3.63) is 29.8 Å². The predicted octanol–water partition coefficient (Wildman–Crippen LogP) is -1.62. The van der Waals surface area contributed by atoms with Crippen LogP contribution in [-0.4, -0.2) is 80.4 Å². The number of carbonyl (C=O) groups excluding carboxylic acids is 5. The van der Waals surface area contributed by atoms with Crippen molar-refractivity contribution in [3.8, 4) is 5.75 Å². The first kappa shape index (κ1) is 24.1. The lowest BCUT2D eigenvalue weighted by atomic mass is 9.72. The van der Waals surface area contributed by atoms with Gasteiger partial charge in [0.2, 0.25) is 12.2 Å². The number of ketones is 2. The van der Waals surface area contributed by atoms with Gasteiger partial charge in [0, 0.05) is 0 Å². The molecular formula is C19H22NO9. The van der Waals surface area contributed by atoms with Gasteiger partial charge in [0.1, 0.15) is 18.0 Å². The molecule has 3 atom stereocenters. The highest BCUT2D eigenvalue weighted by atomic mass is 16.3. The summed E-state index contributed by atoms with van der Waals surface area (Å²) in [6.07, 6.45) is -2.68. The Morgan fingerprint density at radius 3 is 2.03 bits per heavy atom. The number of amides is 2. The largest absolute Gasteiger partial charge is 0.508 e. The predicted molar refractivity (Wildman–Crippen MR) is 97.3 cm³/mol. The zero-order chi connectivity index (χ0) is 22.4. The van der Waals surface area contributed by atoms with Crippen LogP contribution < -0.4 is 0 Å². The van der Waals surface area contributed by atoms with Crippen LogP contribution in [0, 0.1) is 0 Å². The number of aliphatic hydroxyl groups is 3. The molecule has 0 aliphatic carbocycles. The fourth-order valence-corrected chi connectivity index (χ4v) is 2.64. The number of hydrogen-bond donors (Lipinski definition) is 4. The number of phenolic OH excluding ortho intramolecular Hbond substituents is 1. The maximum absolute atomic E-state index is 13.0. The van der Waals surface area contributed by atoms with Crippen molar-refractivity contribution >= 4 is 29.7 Å². The second kappa shape index (κ2) is 10.0. The third kappa shape index (κ3) is 5.11. The lowest BCUT2D eigenvalue weighted by Crippen LogP contribution is -2.55. The summed E-state index contributed by atoms with van der Waals surface area (Å²) in [5.74, 6) is -4.92. The maximum atomic E-state index is 13.0. The van der Waals surface area contributed by atoms with Crippen LogP contribution in [0.3, 0.4) is 0 Å². The Labute approximate surface area is 166 Å². The first-order valence-corrected chi connectivity index (χ1v) is 8.60. The van der Waals surface area contributed by atoms with Gasteiger partial charge in [-0.15, -0.1) is 0 Å². The molecule has 157 valence electrons. The molecule has 1 rings (SSSR count). The van der Waals surface area contributed by atoms with Crippen LogP contribution in [-0.2, 0) is 29.4 Å². The highest BCUT2D eigenvalue weighted by Crippen LogP contribution is 2.28. The van der Waals surface area contributed by atoms with E-state index in [9.17, 15) is 39.3 Å². The number of aliphatic hydroxyl groups excluding tert-OH is 3. The molecule has 0 fully saturated rings. The van der Waals surface area contributed by atoms with Gasteiger partial charge in [-0.05, 0) is 31.5 Å². The number of aromatic hydroxyl groups is 1. The molecule has 10 nitrogen and oxygen atoms in total. The highest BCUT2D eigenvalue weighted by molar-refractivity contribution is 6.26. The van der Waals surface area contributed by atoms with Gasteiger partial charge >= 0.3 is 0 Å². The Bertz CT molecular complexity index is 785. The number of Topliss-reactive ketones (excluding diaryl/α,β-unsaturated/α-hetero) is 2. The summed E-state index contributed by atoms with van der Waals surface area (Å²) >= 11 is 0. The highest BCUT2D eigenvalue weighted by Gasteiger charge is 2.50. The summed E-state index contributed by atoms with van der Waals surface area (Å²) < 4.78 is 0. The van der Waals surface area contributed by atoms with Crippen LogP contribution in [0.5, 0.6) is 5.75 Å². The van der Waals surface area contributed by atoms with Crippen LogP contribution in [0.1, 0.15) is 25.8 Å². The van der Waals surface area contributed by atoms with Crippen molar-refractivity contribution in [3.63, 3.8) is 0 Å². The quantitative estimate of drug-likeness (QED) is 0.332. The van der Waals surface area contributed by atoms with E-state index >= 15 is 0 Å². The molecule has 0 aliphatic rings. The van der Waals surface area contributed by atoms with Gasteiger partial charge in [-0.2, -0.15) is 0 Å². The van der Waals surface area contributed by atoms with Gasteiger partial charge in [-0.3, -0.25) is 28.9 Å². The van der Waals surface area contributed by atoms with Crippen LogP contribution in [0.4, 0.5) is 0 Å². The Hall–Kier alpha value is -2.95. The molecule has 0 spiro atoms. The first-order chi connectivity index (χ1) is 13.5. The van der Waals surface area contributed by atoms with Crippen LogP contribution >= 0.6 is 0 Å². The molecule has 4 N–H and O–H groups in total. The summed E-state index contributed by atoms with van der Waals surface area (Å²) in [6, 6.07) is 4.38. The minimum atomic E-state index is -2.68. The molecule has 1 aromatic rings. The fourth-order valence-electron chi connectivity index (χ4n) is 2.64. The minimum Gasteiger partial charge on any atom is -0.508 e. The monoisotopic (exact) mass is 408 g/mol. The van der Waals surface area contributed by atoms with Crippen molar-refractivity contribution in [1.29, 1.82) is 0 Å². The number of nitrogens with zero attached hydrogens (tertiary/aromatic N) is 1. The lowest BCUT2D eigenvalue weighted by molar-refractivity contribution is -0.154. The number of benzene rings is 1. The van der Waals surface area contributed by atoms with Gasteiger partial charge < -0.3 is 20.4 Å². The van der Waals surface area contributed by atoms with E-state index < -0.39 is 60.6 Å². The molecule has 1 aromatic carbocycles. The number of hydrogen-bond acceptors (Lipinski definition) is 9. The summed E-state index contributed by atoms with van der Waals surface area (Å²) in [5.41, 5.74) is -2.92. The Balaban J connectivity index is 3.50. The van der Waals surface area contributed by atoms with Gasteiger partial charge in [0.05, 0.1) is 19.6 Å². The van der Waals surface area contributed by atoms with Gasteiger partial charge in [-0.1, -0.05) is 12.1 Å². The van der Waals surface area contributed by atoms with E-state index in [1.807, 2.05) is 0 Å². The summed E-state index contributed by atoms with van der Waals surface area (Å²) in [5, 5.41) is 37.6. The van der Waals surface area contributed by atoms with Crippen LogP contribution in [0.2, 0.25) is 0 Å². The van der Waals surface area contributed by atoms with Crippen molar-refractivity contribution in [1.82, 2.24) is 4.90 Å². The molecule has 0 aromatic heterocycles. The SMILES string of the molecule is CC(O)C(=O)N(CC(=O)C([C]=O)(C(=O)C(C)O)c1ccc(O)cc1)C(=O)CCO. The summed E-state index contributed by atoms with van der Waals surface area (Å²) in [7, 11) is 0. The number of carbonyl (C=O) groups is 4. The summed E-state index contributed by atoms with van der Waals surface area (Å²) in [6.45, 7) is 0.340. The molecule has 0 heterocycles. The molecule has 29 heavy (non-hydrogen) atoms. The van der Waals surface area contributed by atoms with E-state index in [1.165, 1.54) is 6.29 Å². The number of imide groups is 1. The number of rotatable bonds is 10. The number of phenols is 1. The molecule has 0 saturated heterocycles. The standard InChI is InChI=1S/C19H22NO9/c1-11(23)17(28)19(10-22,13-3-5-14(25)6-4-13)15(26)9-20(16(27)7-8-21)18(29)12(2)24/h3-6,11-12,21,23-25H,7-9H2,1-2H3. The normalized spacial score (nSPS) is 14.9. The smallest absolute Gasteiger partial charge is 0.258 e. The Morgan fingerprint density at radius 1 is 1.07 bits per heavy atom. The van der Waals surface area contributed by atoms with Gasteiger partial charge in [0.15, 0.2) is 17.0 Å². The van der Waals surface area contributed by atoms with Gasteiger partial charge in [0.25, 0.3) is 5.91 Å². The second-order valence-corrected chi connectivity index (χ2v) is 6.33. The average molecular weight is 408 g/mol. The van der Waals surface area contributed by atoms with Crippen molar-refractivity contribution < 1.29 is 44.4 Å². The van der Waals surface area contributed by atoms with E-state index in [1.54, 1.807) is 0 Å². The van der Waals surface area contributed by atoms with E-state index in [-0.39, 0.29) is 11.3 Å². The minimum absolute atomic E-state index is 0.227. The van der Waals surface area contributed by atoms with Crippen molar-refractivity contribution in [2.75, 3.05) is 13.2 Å². The van der Waals surface area contributed by atoms with E-state index in [4.69, 9.17) is 5.11 Å². The average Bonchev–Trinajstić information content (AvgIpc) is 2.67. The van der Waals surface area contributed by atoms with Gasteiger partial charge in [-0.25, -0.2) is 0 Å². The second-order valence-electron chi connectivity index (χ2n) is 6.33.